The van der Waals surface area contributed by atoms with E-state index >= 15 is 0 Å². The number of aryl methyl sites for hydroxylation is 1. The second-order valence-electron chi connectivity index (χ2n) is 9.69. The van der Waals surface area contributed by atoms with Crippen LogP contribution in [-0.4, -0.2) is 57.2 Å². The Bertz CT molecular complexity index is 1290. The molecule has 6 N–H and O–H groups in total. The third-order valence-electron chi connectivity index (χ3n) is 6.58. The fraction of sp³-hybridized carbons (Fsp3) is 0.345. The number of nitrogens with one attached hydrogen (secondary N) is 3. The summed E-state index contributed by atoms with van der Waals surface area (Å²) in [5.74, 6) is 0.652. The van der Waals surface area contributed by atoms with Crippen LogP contribution in [0, 0.1) is 12.3 Å². The van der Waals surface area contributed by atoms with Gasteiger partial charge >= 0.3 is 5.97 Å². The first-order chi connectivity index (χ1) is 18.9. The predicted molar refractivity (Wildman–Crippen MR) is 155 cm³/mol. The number of carboxylic acid groups (broad SMARTS) is 1. The second-order valence-corrected chi connectivity index (χ2v) is 9.69. The maximum Gasteiger partial charge on any atom is 0.330 e. The molecule has 1 saturated heterocycles. The molecule has 1 aliphatic rings. The molecule has 0 amide bonds. The maximum absolute atomic E-state index is 12.3. The number of hydrogen-bond donors (Lipinski definition) is 5. The number of carbonyl (C=O) groups is 1. The van der Waals surface area contributed by atoms with Crippen molar-refractivity contribution < 1.29 is 9.90 Å². The van der Waals surface area contributed by atoms with Crippen LogP contribution in [0.4, 0.5) is 17.3 Å². The monoisotopic (exact) mass is 528 g/mol. The van der Waals surface area contributed by atoms with Gasteiger partial charge in [0, 0.05) is 49.7 Å². The highest BCUT2D eigenvalue weighted by Crippen LogP contribution is 2.27. The summed E-state index contributed by atoms with van der Waals surface area (Å²) in [6.45, 7) is 4.54. The summed E-state index contributed by atoms with van der Waals surface area (Å²) in [6, 6.07) is 13.4. The number of nitrogens with zero attached hydrogens (tertiary/aromatic N) is 4. The van der Waals surface area contributed by atoms with Crippen LogP contribution in [0.1, 0.15) is 54.8 Å². The third kappa shape index (κ3) is 8.00. The zero-order valence-electron chi connectivity index (χ0n) is 22.2. The van der Waals surface area contributed by atoms with Gasteiger partial charge in [0.2, 0.25) is 5.95 Å². The first-order valence-electron chi connectivity index (χ1n) is 13.3. The van der Waals surface area contributed by atoms with Gasteiger partial charge in [-0.3, -0.25) is 5.41 Å². The lowest BCUT2D eigenvalue weighted by molar-refractivity contribution is -0.138. The number of aromatic nitrogens is 2. The summed E-state index contributed by atoms with van der Waals surface area (Å²) < 4.78 is 0. The van der Waals surface area contributed by atoms with E-state index in [9.17, 15) is 9.90 Å². The fourth-order valence-corrected chi connectivity index (χ4v) is 4.65. The van der Waals surface area contributed by atoms with Gasteiger partial charge in [0.15, 0.2) is 6.04 Å². The number of aliphatic imine (C=N–C) groups is 1. The first kappa shape index (κ1) is 27.6. The summed E-state index contributed by atoms with van der Waals surface area (Å²) in [7, 11) is 0. The average Bonchev–Trinajstić information content (AvgIpc) is 3.15. The summed E-state index contributed by atoms with van der Waals surface area (Å²) in [4.78, 5) is 28.1. The fourth-order valence-electron chi connectivity index (χ4n) is 4.65. The molecule has 2 aromatic carbocycles. The highest BCUT2D eigenvalue weighted by molar-refractivity contribution is 5.95. The van der Waals surface area contributed by atoms with Crippen LogP contribution >= 0.6 is 0 Å². The van der Waals surface area contributed by atoms with E-state index in [1.807, 2.05) is 25.1 Å². The minimum Gasteiger partial charge on any atom is -0.479 e. The number of nitrogens with two attached hydrogens (primary N) is 1. The lowest BCUT2D eigenvalue weighted by Crippen LogP contribution is -2.32. The van der Waals surface area contributed by atoms with Crippen molar-refractivity contribution in [3.05, 3.63) is 77.6 Å². The zero-order valence-corrected chi connectivity index (χ0v) is 22.2. The Morgan fingerprint density at radius 1 is 1.15 bits per heavy atom. The number of benzene rings is 2. The summed E-state index contributed by atoms with van der Waals surface area (Å²) in [6.07, 6.45) is 8.63. The molecule has 0 saturated carbocycles. The van der Waals surface area contributed by atoms with Crippen molar-refractivity contribution in [2.24, 2.45) is 10.7 Å². The number of hydrogen-bond acceptors (Lipinski definition) is 7. The van der Waals surface area contributed by atoms with Crippen molar-refractivity contribution in [2.75, 3.05) is 30.3 Å². The molecule has 1 aliphatic heterocycles. The van der Waals surface area contributed by atoms with E-state index in [-0.39, 0.29) is 5.84 Å². The molecule has 0 radical (unpaired) electrons. The van der Waals surface area contributed by atoms with Gasteiger partial charge in [-0.15, -0.1) is 0 Å². The number of nitrogen functional groups attached to an aromatic ring is 1. The van der Waals surface area contributed by atoms with Gasteiger partial charge in [-0.2, -0.15) is 0 Å². The van der Waals surface area contributed by atoms with Crippen molar-refractivity contribution >= 4 is 35.0 Å². The van der Waals surface area contributed by atoms with E-state index in [1.165, 1.54) is 0 Å². The number of carboxylic acids is 1. The molecule has 0 spiro atoms. The van der Waals surface area contributed by atoms with Crippen LogP contribution in [0.3, 0.4) is 0 Å². The van der Waals surface area contributed by atoms with Gasteiger partial charge in [0.1, 0.15) is 11.7 Å². The first-order valence-corrected chi connectivity index (χ1v) is 13.3. The van der Waals surface area contributed by atoms with Crippen molar-refractivity contribution in [1.82, 2.24) is 14.9 Å². The van der Waals surface area contributed by atoms with E-state index in [4.69, 9.17) is 16.1 Å². The normalized spacial score (nSPS) is 15.4. The van der Waals surface area contributed by atoms with Crippen molar-refractivity contribution in [2.45, 2.75) is 45.1 Å². The standard InChI is InChI=1S/C29H36N8O2/c1-20-17-22(26(28(38)39)36-23-10-8-21(9-11-23)27(30)31)19-24(18-20)35-25-7-3-2-4-15-37(25)16-6-14-34-29-32-12-5-13-33-29/h5,8-13,17-19,26,36H,2-4,6-7,14-16H2,1H3,(H3,30,31)(H,38,39)(H,32,33,34)/b35-25+. The van der Waals surface area contributed by atoms with Crippen LogP contribution < -0.4 is 16.4 Å². The second kappa shape index (κ2) is 13.4. The van der Waals surface area contributed by atoms with E-state index in [1.54, 1.807) is 42.7 Å². The van der Waals surface area contributed by atoms with Crippen LogP contribution in [0.15, 0.2) is 65.9 Å². The minimum atomic E-state index is -0.985. The van der Waals surface area contributed by atoms with Crippen molar-refractivity contribution in [3.63, 3.8) is 0 Å². The molecule has 10 heteroatoms. The van der Waals surface area contributed by atoms with Gasteiger partial charge in [0.05, 0.1) is 5.69 Å². The molecule has 1 unspecified atom stereocenters. The Hall–Kier alpha value is -4.47. The Kier molecular flexibility index (Phi) is 9.44. The maximum atomic E-state index is 12.3. The predicted octanol–water partition coefficient (Wildman–Crippen LogP) is 4.72. The largest absolute Gasteiger partial charge is 0.479 e. The van der Waals surface area contributed by atoms with Gasteiger partial charge in [-0.1, -0.05) is 12.5 Å². The molecule has 4 rings (SSSR count). The molecular weight excluding hydrogens is 492 g/mol. The molecular formula is C29H36N8O2. The van der Waals surface area contributed by atoms with E-state index in [0.29, 0.717) is 22.8 Å². The van der Waals surface area contributed by atoms with Crippen LogP contribution in [0.25, 0.3) is 0 Å². The van der Waals surface area contributed by atoms with Crippen molar-refractivity contribution in [1.29, 1.82) is 5.41 Å². The van der Waals surface area contributed by atoms with Gasteiger partial charge in [-0.25, -0.2) is 19.8 Å². The third-order valence-corrected chi connectivity index (χ3v) is 6.58. The summed E-state index contributed by atoms with van der Waals surface area (Å²) in [5.41, 5.74) is 9.07. The molecule has 39 heavy (non-hydrogen) atoms. The van der Waals surface area contributed by atoms with Gasteiger partial charge in [0.25, 0.3) is 0 Å². The number of amidine groups is 2. The molecule has 1 fully saturated rings. The number of likely N-dealkylation sites (tertiary alicyclic amines) is 1. The van der Waals surface area contributed by atoms with Crippen LogP contribution in [-0.2, 0) is 4.79 Å². The molecule has 1 atom stereocenters. The Morgan fingerprint density at radius 3 is 2.64 bits per heavy atom. The number of anilines is 2. The topological polar surface area (TPSA) is 153 Å². The number of aliphatic carboxylic acids is 1. The van der Waals surface area contributed by atoms with E-state index < -0.39 is 12.0 Å². The van der Waals surface area contributed by atoms with Gasteiger partial charge in [-0.05, 0) is 79.8 Å². The van der Waals surface area contributed by atoms with E-state index in [0.717, 1.165) is 68.8 Å². The van der Waals surface area contributed by atoms with Crippen LogP contribution in [0.5, 0.6) is 0 Å². The van der Waals surface area contributed by atoms with Crippen molar-refractivity contribution in [3.8, 4) is 0 Å². The van der Waals surface area contributed by atoms with Crippen LogP contribution in [0.2, 0.25) is 0 Å². The molecule has 0 aliphatic carbocycles. The quantitative estimate of drug-likeness (QED) is 0.136. The lowest BCUT2D eigenvalue weighted by Gasteiger charge is -2.24. The van der Waals surface area contributed by atoms with E-state index in [2.05, 4.69) is 25.5 Å². The number of rotatable bonds is 11. The molecule has 0 bridgehead atoms. The highest BCUT2D eigenvalue weighted by Gasteiger charge is 2.21. The Labute approximate surface area is 228 Å². The average molecular weight is 529 g/mol. The molecule has 3 aromatic rings. The SMILES string of the molecule is Cc1cc(/N=C2\CCCCCN2CCCNc2ncccn2)cc(C(Nc2ccc(C(=N)N)cc2)C(=O)O)c1. The minimum absolute atomic E-state index is 0.0344. The Morgan fingerprint density at radius 2 is 1.92 bits per heavy atom. The summed E-state index contributed by atoms with van der Waals surface area (Å²) in [5, 5.41) is 24.0. The van der Waals surface area contributed by atoms with Gasteiger partial charge < -0.3 is 26.4 Å². The summed E-state index contributed by atoms with van der Waals surface area (Å²) >= 11 is 0. The Balaban J connectivity index is 1.50. The smallest absolute Gasteiger partial charge is 0.330 e. The lowest BCUT2D eigenvalue weighted by atomic mass is 10.0. The zero-order chi connectivity index (χ0) is 27.6. The molecule has 2 heterocycles. The molecule has 204 valence electrons. The molecule has 10 nitrogen and oxygen atoms in total. The molecule has 1 aromatic heterocycles. The highest BCUT2D eigenvalue weighted by atomic mass is 16.4.